The Kier molecular flexibility index (Phi) is 5.80. The van der Waals surface area contributed by atoms with E-state index in [0.29, 0.717) is 5.56 Å². The molecule has 0 aliphatic rings. The predicted molar refractivity (Wildman–Crippen MR) is 105 cm³/mol. The molecule has 1 amide bonds. The summed E-state index contributed by atoms with van der Waals surface area (Å²) in [6.45, 7) is 0. The zero-order valence-corrected chi connectivity index (χ0v) is 16.9. The molecule has 0 fully saturated rings. The summed E-state index contributed by atoms with van der Waals surface area (Å²) in [6.07, 6.45) is 0.818. The molecule has 9 nitrogen and oxygen atoms in total. The molecule has 0 bridgehead atoms. The fourth-order valence-corrected chi connectivity index (χ4v) is 4.28. The van der Waals surface area contributed by atoms with Crippen molar-refractivity contribution >= 4 is 31.6 Å². The van der Waals surface area contributed by atoms with Crippen molar-refractivity contribution in [1.29, 1.82) is 0 Å². The summed E-state index contributed by atoms with van der Waals surface area (Å²) >= 11 is 0. The van der Waals surface area contributed by atoms with Crippen LogP contribution in [0.1, 0.15) is 6.42 Å². The molecule has 1 aromatic heterocycles. The maximum Gasteiger partial charge on any atom is 0.322 e. The number of aromatic nitrogens is 2. The number of carbonyl (C=O) groups excluding carboxylic acids is 1. The first kappa shape index (κ1) is 20.7. The molecular weight excluding hydrogens is 418 g/mol. The van der Waals surface area contributed by atoms with Crippen LogP contribution in [0.3, 0.4) is 0 Å². The third kappa shape index (κ3) is 5.27. The number of nitrogens with zero attached hydrogens (tertiary/aromatic N) is 2. The maximum atomic E-state index is 12.2. The van der Waals surface area contributed by atoms with E-state index >= 15 is 0 Å². The van der Waals surface area contributed by atoms with E-state index in [1.165, 1.54) is 36.4 Å². The molecule has 0 saturated heterocycles. The average molecular weight is 435 g/mol. The van der Waals surface area contributed by atoms with Crippen LogP contribution in [-0.2, 0) is 24.5 Å². The summed E-state index contributed by atoms with van der Waals surface area (Å²) in [5.74, 6) is -0.874. The largest absolute Gasteiger partial charge is 0.403 e. The van der Waals surface area contributed by atoms with Crippen molar-refractivity contribution < 1.29 is 26.0 Å². The van der Waals surface area contributed by atoms with Crippen molar-refractivity contribution in [2.75, 3.05) is 17.3 Å². The minimum atomic E-state index is -3.58. The Hall–Kier alpha value is -3.05. The van der Waals surface area contributed by atoms with E-state index in [4.69, 9.17) is 4.42 Å². The zero-order valence-electron chi connectivity index (χ0n) is 15.3. The second-order valence-corrected chi connectivity index (χ2v) is 10.3. The van der Waals surface area contributed by atoms with Gasteiger partial charge in [-0.1, -0.05) is 23.3 Å². The number of hydrogen-bond donors (Lipinski definition) is 1. The maximum absolute atomic E-state index is 12.2. The normalized spacial score (nSPS) is 11.9. The third-order valence-corrected chi connectivity index (χ3v) is 6.76. The fourth-order valence-electron chi connectivity index (χ4n) is 2.39. The number of rotatable bonds is 7. The van der Waals surface area contributed by atoms with Crippen LogP contribution in [-0.4, -0.2) is 44.9 Å². The van der Waals surface area contributed by atoms with Crippen LogP contribution in [0.4, 0.5) is 6.01 Å². The minimum Gasteiger partial charge on any atom is -0.403 e. The third-order valence-electron chi connectivity index (χ3n) is 3.90. The fraction of sp³-hybridized carbons (Fsp3) is 0.167. The Morgan fingerprint density at radius 3 is 2.21 bits per heavy atom. The molecule has 3 aromatic rings. The van der Waals surface area contributed by atoms with Gasteiger partial charge in [-0.3, -0.25) is 10.1 Å². The number of hydrogen-bond acceptors (Lipinski definition) is 8. The van der Waals surface area contributed by atoms with E-state index in [-0.39, 0.29) is 33.9 Å². The Morgan fingerprint density at radius 1 is 0.931 bits per heavy atom. The highest BCUT2D eigenvalue weighted by Crippen LogP contribution is 2.22. The Morgan fingerprint density at radius 2 is 1.59 bits per heavy atom. The summed E-state index contributed by atoms with van der Waals surface area (Å²) in [5.41, 5.74) is 0.469. The molecule has 29 heavy (non-hydrogen) atoms. The summed E-state index contributed by atoms with van der Waals surface area (Å²) in [4.78, 5) is 12.3. The van der Waals surface area contributed by atoms with E-state index < -0.39 is 25.6 Å². The smallest absolute Gasteiger partial charge is 0.322 e. The Bertz CT molecular complexity index is 1220. The minimum absolute atomic E-state index is 0.0808. The molecule has 0 spiro atoms. The van der Waals surface area contributed by atoms with Gasteiger partial charge in [0.15, 0.2) is 19.7 Å². The Balaban J connectivity index is 1.62. The van der Waals surface area contributed by atoms with Gasteiger partial charge in [0.2, 0.25) is 11.8 Å². The van der Waals surface area contributed by atoms with Crippen LogP contribution in [0.2, 0.25) is 0 Å². The van der Waals surface area contributed by atoms with Gasteiger partial charge in [0, 0.05) is 18.2 Å². The summed E-state index contributed by atoms with van der Waals surface area (Å²) in [5, 5.41) is 9.83. The van der Waals surface area contributed by atoms with Gasteiger partial charge in [-0.15, -0.1) is 5.10 Å². The van der Waals surface area contributed by atoms with E-state index in [9.17, 15) is 21.6 Å². The molecule has 2 aromatic carbocycles. The lowest BCUT2D eigenvalue weighted by Gasteiger charge is -2.04. The first-order chi connectivity index (χ1) is 13.6. The van der Waals surface area contributed by atoms with Crippen molar-refractivity contribution in [2.45, 2.75) is 16.2 Å². The van der Waals surface area contributed by atoms with Gasteiger partial charge in [0.25, 0.3) is 0 Å². The molecule has 0 aliphatic heterocycles. The van der Waals surface area contributed by atoms with Crippen LogP contribution in [0.25, 0.3) is 11.5 Å². The highest BCUT2D eigenvalue weighted by molar-refractivity contribution is 7.91. The molecule has 1 heterocycles. The molecule has 3 rings (SSSR count). The quantitative estimate of drug-likeness (QED) is 0.594. The Labute approximate surface area is 167 Å². The SMILES string of the molecule is CS(=O)(=O)c1ccc(-c2nnc(NC(=O)CCS(=O)(=O)c3ccccc3)o2)cc1. The van der Waals surface area contributed by atoms with Crippen molar-refractivity contribution in [3.63, 3.8) is 0 Å². The number of nitrogens with one attached hydrogen (secondary N) is 1. The molecule has 11 heteroatoms. The molecule has 0 radical (unpaired) electrons. The van der Waals surface area contributed by atoms with Gasteiger partial charge in [0.1, 0.15) is 0 Å². The van der Waals surface area contributed by atoms with Crippen molar-refractivity contribution in [3.05, 3.63) is 54.6 Å². The number of carbonyl (C=O) groups is 1. The van der Waals surface area contributed by atoms with Crippen molar-refractivity contribution in [1.82, 2.24) is 10.2 Å². The van der Waals surface area contributed by atoms with Gasteiger partial charge >= 0.3 is 6.01 Å². The number of anilines is 1. The molecule has 0 saturated carbocycles. The molecular formula is C18H17N3O6S2. The topological polar surface area (TPSA) is 136 Å². The van der Waals surface area contributed by atoms with Gasteiger partial charge in [-0.25, -0.2) is 16.8 Å². The zero-order chi connectivity index (χ0) is 21.1. The summed E-state index contributed by atoms with van der Waals surface area (Å²) < 4.78 is 52.7. The highest BCUT2D eigenvalue weighted by atomic mass is 32.2. The van der Waals surface area contributed by atoms with E-state index in [1.807, 2.05) is 0 Å². The predicted octanol–water partition coefficient (Wildman–Crippen LogP) is 1.94. The van der Waals surface area contributed by atoms with Crippen LogP contribution >= 0.6 is 0 Å². The van der Waals surface area contributed by atoms with Crippen LogP contribution in [0.15, 0.2) is 68.8 Å². The lowest BCUT2D eigenvalue weighted by atomic mass is 10.2. The molecule has 152 valence electrons. The lowest BCUT2D eigenvalue weighted by molar-refractivity contribution is -0.115. The second-order valence-electron chi connectivity index (χ2n) is 6.14. The number of benzene rings is 2. The lowest BCUT2D eigenvalue weighted by Crippen LogP contribution is -2.17. The van der Waals surface area contributed by atoms with E-state index in [2.05, 4.69) is 15.5 Å². The van der Waals surface area contributed by atoms with Crippen LogP contribution < -0.4 is 5.32 Å². The van der Waals surface area contributed by atoms with Crippen LogP contribution in [0.5, 0.6) is 0 Å². The molecule has 1 N–H and O–H groups in total. The van der Waals surface area contributed by atoms with Gasteiger partial charge in [0.05, 0.1) is 15.5 Å². The average Bonchev–Trinajstić information content (AvgIpc) is 3.15. The monoisotopic (exact) mass is 435 g/mol. The van der Waals surface area contributed by atoms with Crippen molar-refractivity contribution in [2.24, 2.45) is 0 Å². The van der Waals surface area contributed by atoms with Gasteiger partial charge < -0.3 is 4.42 Å². The highest BCUT2D eigenvalue weighted by Gasteiger charge is 2.18. The molecule has 0 aliphatic carbocycles. The number of amides is 1. The molecule has 0 atom stereocenters. The van der Waals surface area contributed by atoms with Gasteiger partial charge in [-0.2, -0.15) is 0 Å². The number of sulfone groups is 2. The summed E-state index contributed by atoms with van der Waals surface area (Å²) in [7, 11) is -6.90. The second kappa shape index (κ2) is 8.13. The van der Waals surface area contributed by atoms with E-state index in [1.54, 1.807) is 18.2 Å². The van der Waals surface area contributed by atoms with E-state index in [0.717, 1.165) is 6.26 Å². The van der Waals surface area contributed by atoms with Crippen molar-refractivity contribution in [3.8, 4) is 11.5 Å². The van der Waals surface area contributed by atoms with Gasteiger partial charge in [-0.05, 0) is 36.4 Å². The first-order valence-corrected chi connectivity index (χ1v) is 11.9. The summed E-state index contributed by atoms with van der Waals surface area (Å²) in [6, 6.07) is 13.5. The first-order valence-electron chi connectivity index (χ1n) is 8.37. The standard InChI is InChI=1S/C18H17N3O6S2/c1-28(23,24)14-9-7-13(8-10-14)17-20-21-18(27-17)19-16(22)11-12-29(25,26)15-5-3-2-4-6-15/h2-10H,11-12H2,1H3,(H,19,21,22). The van der Waals surface area contributed by atoms with Crippen LogP contribution in [0, 0.1) is 0 Å². The molecule has 0 unspecified atom stereocenters.